The Morgan fingerprint density at radius 3 is 1.86 bits per heavy atom. The van der Waals surface area contributed by atoms with Gasteiger partial charge in [-0.3, -0.25) is 0 Å². The number of aromatic nitrogens is 2. The molecule has 2 aliphatic rings. The van der Waals surface area contributed by atoms with E-state index in [0.717, 1.165) is 39.4 Å². The fourth-order valence-corrected chi connectivity index (χ4v) is 10.6. The molecule has 0 amide bonds. The van der Waals surface area contributed by atoms with Gasteiger partial charge in [0.25, 0.3) is 0 Å². The molecule has 0 spiro atoms. The van der Waals surface area contributed by atoms with Crippen LogP contribution >= 0.6 is 0 Å². The topological polar surface area (TPSA) is 46.6 Å². The molecule has 13 rings (SSSR count). The Morgan fingerprint density at radius 2 is 1.03 bits per heavy atom. The molecule has 5 heteroatoms. The summed E-state index contributed by atoms with van der Waals surface area (Å²) >= 11 is 0. The summed E-state index contributed by atoms with van der Waals surface area (Å²) in [6.07, 6.45) is -0.350. The average Bonchev–Trinajstić information content (AvgIpc) is 3.96. The molecule has 0 bridgehead atoms. The zero-order chi connectivity index (χ0) is 43.2. The molecule has 1 aliphatic carbocycles. The fraction of sp³-hybridized carbons (Fsp3) is 0.0667. The molecule has 308 valence electrons. The first kappa shape index (κ1) is 37.3. The highest BCUT2D eigenvalue weighted by Crippen LogP contribution is 2.51. The number of aliphatic imine (C=N–C) groups is 2. The van der Waals surface area contributed by atoms with Crippen LogP contribution in [0.5, 0.6) is 0 Å². The van der Waals surface area contributed by atoms with Gasteiger partial charge in [0.15, 0.2) is 5.84 Å². The molecule has 1 aliphatic heterocycles. The molecule has 0 saturated heterocycles. The zero-order valence-electron chi connectivity index (χ0n) is 36.1. The zero-order valence-corrected chi connectivity index (χ0v) is 36.1. The maximum Gasteiger partial charge on any atom is 0.159 e. The first-order valence-electron chi connectivity index (χ1n) is 22.4. The van der Waals surface area contributed by atoms with E-state index in [0.29, 0.717) is 5.84 Å². The lowest BCUT2D eigenvalue weighted by atomic mass is 9.82. The molecule has 0 fully saturated rings. The van der Waals surface area contributed by atoms with Crippen molar-refractivity contribution in [2.75, 3.05) is 0 Å². The van der Waals surface area contributed by atoms with Crippen LogP contribution in [0.3, 0.4) is 0 Å². The van der Waals surface area contributed by atoms with Gasteiger partial charge in [0.05, 0.1) is 22.1 Å². The Hall–Kier alpha value is -8.28. The second-order valence-corrected chi connectivity index (χ2v) is 17.9. The van der Waals surface area contributed by atoms with Gasteiger partial charge in [0.2, 0.25) is 0 Å². The van der Waals surface area contributed by atoms with Crippen LogP contribution < -0.4 is 5.32 Å². The second-order valence-electron chi connectivity index (χ2n) is 17.9. The normalized spacial score (nSPS) is 15.2. The van der Waals surface area contributed by atoms with Crippen LogP contribution in [0.25, 0.3) is 77.2 Å². The highest BCUT2D eigenvalue weighted by molar-refractivity contribution is 6.15. The molecule has 5 nitrogen and oxygen atoms in total. The molecule has 9 aromatic carbocycles. The lowest BCUT2D eigenvalue weighted by molar-refractivity contribution is 0.661. The van der Waals surface area contributed by atoms with E-state index in [2.05, 4.69) is 216 Å². The lowest BCUT2D eigenvalue weighted by Crippen LogP contribution is -2.33. The third-order valence-electron chi connectivity index (χ3n) is 13.8. The predicted molar refractivity (Wildman–Crippen MR) is 270 cm³/mol. The van der Waals surface area contributed by atoms with Crippen molar-refractivity contribution in [2.24, 2.45) is 9.98 Å². The van der Waals surface area contributed by atoms with Crippen LogP contribution in [0, 0.1) is 0 Å². The SMILES string of the molecule is CC1(C)c2ccccc2-c2cc3c4cc(-c5ccc6c7ccccc7n(-c7ccccc7)c6c5)ccc4n(-c4cccc(C5N=C(c6ccccc6)N=C(c6ccccc6)N5)c4)c3cc21. The van der Waals surface area contributed by atoms with E-state index in [9.17, 15) is 0 Å². The van der Waals surface area contributed by atoms with Gasteiger partial charge in [-0.05, 0) is 99.6 Å². The van der Waals surface area contributed by atoms with Crippen molar-refractivity contribution in [3.63, 3.8) is 0 Å². The molecular formula is C60H43N5. The van der Waals surface area contributed by atoms with E-state index in [1.54, 1.807) is 0 Å². The van der Waals surface area contributed by atoms with E-state index < -0.39 is 0 Å². The van der Waals surface area contributed by atoms with Crippen LogP contribution in [0.1, 0.15) is 47.8 Å². The number of nitrogens with one attached hydrogen (secondary N) is 1. The minimum atomic E-state index is -0.350. The Labute approximate surface area is 377 Å². The summed E-state index contributed by atoms with van der Waals surface area (Å²) in [5.74, 6) is 1.52. The monoisotopic (exact) mass is 833 g/mol. The Kier molecular flexibility index (Phi) is 8.25. The summed E-state index contributed by atoms with van der Waals surface area (Å²) in [5.41, 5.74) is 17.6. The molecule has 0 radical (unpaired) electrons. The molecule has 11 aromatic rings. The van der Waals surface area contributed by atoms with Crippen molar-refractivity contribution >= 4 is 55.3 Å². The minimum Gasteiger partial charge on any atom is -0.344 e. The van der Waals surface area contributed by atoms with Gasteiger partial charge in [-0.1, -0.05) is 166 Å². The first-order chi connectivity index (χ1) is 32.0. The van der Waals surface area contributed by atoms with Crippen molar-refractivity contribution in [3.8, 4) is 33.6 Å². The van der Waals surface area contributed by atoms with Crippen LogP contribution in [0.2, 0.25) is 0 Å². The van der Waals surface area contributed by atoms with Crippen molar-refractivity contribution < 1.29 is 0 Å². The van der Waals surface area contributed by atoms with Gasteiger partial charge in [0.1, 0.15) is 12.0 Å². The van der Waals surface area contributed by atoms with Crippen molar-refractivity contribution in [1.29, 1.82) is 0 Å². The number of fused-ring (bicyclic) bond motifs is 9. The van der Waals surface area contributed by atoms with E-state index in [-0.39, 0.29) is 11.6 Å². The van der Waals surface area contributed by atoms with E-state index in [1.165, 1.54) is 71.5 Å². The highest BCUT2D eigenvalue weighted by atomic mass is 15.2. The summed E-state index contributed by atoms with van der Waals surface area (Å²) in [7, 11) is 0. The molecule has 1 atom stereocenters. The maximum atomic E-state index is 5.25. The maximum absolute atomic E-state index is 5.25. The van der Waals surface area contributed by atoms with E-state index >= 15 is 0 Å². The van der Waals surface area contributed by atoms with Gasteiger partial charge in [-0.2, -0.15) is 0 Å². The van der Waals surface area contributed by atoms with Gasteiger partial charge >= 0.3 is 0 Å². The standard InChI is InChI=1S/C60H43N5/c1-60(2)51-27-14-12-25-45(51)48-36-50-49-34-40(41-29-31-47-46-26-13-15-28-53(46)64(55(47)35-41)43-22-10-5-11-23-43)30-32-54(49)65(56(50)37-52(48)60)44-24-16-21-42(33-44)59-62-57(38-17-6-3-7-18-38)61-58(63-59)39-19-8-4-9-20-39/h3-37,59H,1-2H3,(H,61,62,63). The molecule has 65 heavy (non-hydrogen) atoms. The average molecular weight is 834 g/mol. The molecule has 3 heterocycles. The van der Waals surface area contributed by atoms with Crippen molar-refractivity contribution in [1.82, 2.24) is 14.5 Å². The number of benzene rings is 9. The van der Waals surface area contributed by atoms with Gasteiger partial charge in [-0.25, -0.2) is 9.98 Å². The van der Waals surface area contributed by atoms with Crippen molar-refractivity contribution in [3.05, 3.63) is 240 Å². The quantitative estimate of drug-likeness (QED) is 0.178. The fourth-order valence-electron chi connectivity index (χ4n) is 10.6. The summed E-state index contributed by atoms with van der Waals surface area (Å²) in [5, 5.41) is 8.65. The first-order valence-corrected chi connectivity index (χ1v) is 22.4. The summed E-state index contributed by atoms with van der Waals surface area (Å²) in [6.45, 7) is 4.73. The third kappa shape index (κ3) is 5.86. The van der Waals surface area contributed by atoms with Crippen LogP contribution in [-0.2, 0) is 5.41 Å². The number of nitrogens with zero attached hydrogens (tertiary/aromatic N) is 4. The third-order valence-corrected chi connectivity index (χ3v) is 13.8. The number of para-hydroxylation sites is 2. The molecular weight excluding hydrogens is 791 g/mol. The number of amidine groups is 2. The van der Waals surface area contributed by atoms with Gasteiger partial charge < -0.3 is 14.5 Å². The minimum absolute atomic E-state index is 0.150. The number of rotatable bonds is 6. The largest absolute Gasteiger partial charge is 0.344 e. The van der Waals surface area contributed by atoms with Gasteiger partial charge in [0, 0.05) is 49.5 Å². The van der Waals surface area contributed by atoms with E-state index in [1.807, 2.05) is 24.3 Å². The molecule has 1 N–H and O–H groups in total. The highest BCUT2D eigenvalue weighted by Gasteiger charge is 2.36. The van der Waals surface area contributed by atoms with Crippen molar-refractivity contribution in [2.45, 2.75) is 25.4 Å². The Bertz CT molecular complexity index is 3760. The second kappa shape index (κ2) is 14.4. The van der Waals surface area contributed by atoms with Crippen LogP contribution in [-0.4, -0.2) is 20.8 Å². The Balaban J connectivity index is 1.00. The number of hydrogen-bond acceptors (Lipinski definition) is 3. The summed E-state index contributed by atoms with van der Waals surface area (Å²) in [4.78, 5) is 10.3. The smallest absolute Gasteiger partial charge is 0.159 e. The summed E-state index contributed by atoms with van der Waals surface area (Å²) in [6, 6.07) is 76.8. The molecule has 2 aromatic heterocycles. The van der Waals surface area contributed by atoms with Gasteiger partial charge in [-0.15, -0.1) is 0 Å². The molecule has 0 saturated carbocycles. The van der Waals surface area contributed by atoms with Crippen LogP contribution in [0.15, 0.2) is 222 Å². The molecule has 1 unspecified atom stereocenters. The van der Waals surface area contributed by atoms with E-state index in [4.69, 9.17) is 9.98 Å². The summed E-state index contributed by atoms with van der Waals surface area (Å²) < 4.78 is 4.86. The van der Waals surface area contributed by atoms with Crippen LogP contribution in [0.4, 0.5) is 0 Å². The lowest BCUT2D eigenvalue weighted by Gasteiger charge is -2.24. The predicted octanol–water partition coefficient (Wildman–Crippen LogP) is 14.3. The Morgan fingerprint density at radius 1 is 0.415 bits per heavy atom. The number of hydrogen-bond donors (Lipinski definition) is 1.